The molecule has 0 saturated heterocycles. The Bertz CT molecular complexity index is 888. The number of carbonyl (C=O) groups excluding carboxylic acids is 1. The highest BCUT2D eigenvalue weighted by atomic mass is 16.6. The fourth-order valence-electron chi connectivity index (χ4n) is 4.11. The van der Waals surface area contributed by atoms with Crippen LogP contribution in [0, 0.1) is 0 Å². The van der Waals surface area contributed by atoms with Crippen molar-refractivity contribution < 1.29 is 24.2 Å². The van der Waals surface area contributed by atoms with Crippen molar-refractivity contribution in [2.45, 2.75) is 51.4 Å². The zero-order valence-corrected chi connectivity index (χ0v) is 18.1. The summed E-state index contributed by atoms with van der Waals surface area (Å²) in [5.74, 6) is -1.22. The number of carboxylic acid groups (broad SMARTS) is 1. The number of ether oxygens (including phenoxy) is 2. The fraction of sp³-hybridized carbons (Fsp3) is 0.417. The summed E-state index contributed by atoms with van der Waals surface area (Å²) in [6.07, 6.45) is -1.39. The lowest BCUT2D eigenvalue weighted by atomic mass is 9.98. The molecule has 2 aromatic carbocycles. The Morgan fingerprint density at radius 1 is 1.03 bits per heavy atom. The van der Waals surface area contributed by atoms with E-state index in [2.05, 4.69) is 12.1 Å². The number of hydrogen-bond acceptors (Lipinski definition) is 4. The van der Waals surface area contributed by atoms with Crippen molar-refractivity contribution >= 4 is 12.1 Å². The van der Waals surface area contributed by atoms with Crippen LogP contribution in [-0.2, 0) is 14.3 Å². The molecule has 0 saturated carbocycles. The molecule has 0 radical (unpaired) electrons. The van der Waals surface area contributed by atoms with E-state index in [1.54, 1.807) is 6.92 Å². The van der Waals surface area contributed by atoms with E-state index < -0.39 is 29.8 Å². The number of amides is 1. The highest BCUT2D eigenvalue weighted by molar-refractivity contribution is 5.81. The van der Waals surface area contributed by atoms with E-state index in [0.29, 0.717) is 0 Å². The van der Waals surface area contributed by atoms with Crippen molar-refractivity contribution in [3.63, 3.8) is 0 Å². The molecular formula is C24H29NO5. The quantitative estimate of drug-likeness (QED) is 0.756. The van der Waals surface area contributed by atoms with Gasteiger partial charge in [0.1, 0.15) is 6.61 Å². The number of carboxylic acids is 1. The Labute approximate surface area is 177 Å². The van der Waals surface area contributed by atoms with E-state index in [1.807, 2.05) is 57.2 Å². The van der Waals surface area contributed by atoms with E-state index >= 15 is 0 Å². The average Bonchev–Trinajstić information content (AvgIpc) is 2.98. The second-order valence-corrected chi connectivity index (χ2v) is 8.63. The Balaban J connectivity index is 1.74. The standard InChI is InChI=1S/C24H29NO5/c1-15(30-24(2,3)4)21(22(26)27)25(5)23(28)29-14-20-18-12-8-6-10-16(18)17-11-7-9-13-19(17)20/h6-13,15,20-21H,14H2,1-5H3,(H,26,27)/t15?,21-/m0/s1. The minimum absolute atomic E-state index is 0.0822. The zero-order chi connectivity index (χ0) is 22.1. The number of fused-ring (bicyclic) bond motifs is 3. The number of likely N-dealkylation sites (N-methyl/N-ethyl adjacent to an activating group) is 1. The summed E-state index contributed by atoms with van der Waals surface area (Å²) >= 11 is 0. The highest BCUT2D eigenvalue weighted by Crippen LogP contribution is 2.44. The Hall–Kier alpha value is -2.86. The molecule has 1 amide bonds. The lowest BCUT2D eigenvalue weighted by molar-refractivity contribution is -0.153. The number of nitrogens with zero attached hydrogens (tertiary/aromatic N) is 1. The van der Waals surface area contributed by atoms with Crippen molar-refractivity contribution in [2.75, 3.05) is 13.7 Å². The van der Waals surface area contributed by atoms with Crippen molar-refractivity contribution in [3.8, 4) is 11.1 Å². The molecule has 2 aromatic rings. The Morgan fingerprint density at radius 3 is 2.00 bits per heavy atom. The fourth-order valence-corrected chi connectivity index (χ4v) is 4.11. The molecule has 1 unspecified atom stereocenters. The molecule has 6 heteroatoms. The van der Waals surface area contributed by atoms with Crippen LogP contribution in [0.25, 0.3) is 11.1 Å². The van der Waals surface area contributed by atoms with Gasteiger partial charge in [0.15, 0.2) is 6.04 Å². The van der Waals surface area contributed by atoms with Gasteiger partial charge >= 0.3 is 12.1 Å². The maximum Gasteiger partial charge on any atom is 0.410 e. The Kier molecular flexibility index (Phi) is 6.17. The zero-order valence-electron chi connectivity index (χ0n) is 18.1. The summed E-state index contributed by atoms with van der Waals surface area (Å²) in [6.45, 7) is 7.32. The molecule has 30 heavy (non-hydrogen) atoms. The van der Waals surface area contributed by atoms with Crippen LogP contribution in [0.3, 0.4) is 0 Å². The first-order valence-electron chi connectivity index (χ1n) is 10.1. The molecule has 1 aliphatic carbocycles. The summed E-state index contributed by atoms with van der Waals surface area (Å²) in [6, 6.07) is 15.0. The van der Waals surface area contributed by atoms with E-state index in [9.17, 15) is 14.7 Å². The minimum Gasteiger partial charge on any atom is -0.480 e. The van der Waals surface area contributed by atoms with Crippen LogP contribution in [0.5, 0.6) is 0 Å². The van der Waals surface area contributed by atoms with Gasteiger partial charge in [0.05, 0.1) is 11.7 Å². The van der Waals surface area contributed by atoms with Gasteiger partial charge < -0.3 is 14.6 Å². The largest absolute Gasteiger partial charge is 0.480 e. The van der Waals surface area contributed by atoms with Gasteiger partial charge in [0.25, 0.3) is 0 Å². The van der Waals surface area contributed by atoms with Gasteiger partial charge in [-0.25, -0.2) is 9.59 Å². The van der Waals surface area contributed by atoms with Crippen LogP contribution in [0.15, 0.2) is 48.5 Å². The van der Waals surface area contributed by atoms with Crippen molar-refractivity contribution in [1.29, 1.82) is 0 Å². The highest BCUT2D eigenvalue weighted by Gasteiger charge is 2.36. The maximum atomic E-state index is 12.7. The van der Waals surface area contributed by atoms with E-state index in [1.165, 1.54) is 7.05 Å². The number of benzene rings is 2. The molecule has 0 aliphatic heterocycles. The second kappa shape index (κ2) is 8.48. The van der Waals surface area contributed by atoms with Crippen molar-refractivity contribution in [3.05, 3.63) is 59.7 Å². The molecule has 0 spiro atoms. The SMILES string of the molecule is CC(OC(C)(C)C)[C@@H](C(=O)O)N(C)C(=O)OCC1c2ccccc2-c2ccccc21. The normalized spacial score (nSPS) is 15.1. The summed E-state index contributed by atoms with van der Waals surface area (Å²) in [7, 11) is 1.43. The summed E-state index contributed by atoms with van der Waals surface area (Å²) in [5, 5.41) is 9.67. The molecule has 0 aromatic heterocycles. The van der Waals surface area contributed by atoms with Gasteiger partial charge in [-0.1, -0.05) is 48.5 Å². The molecule has 0 fully saturated rings. The van der Waals surface area contributed by atoms with Gasteiger partial charge in [-0.2, -0.15) is 0 Å². The van der Waals surface area contributed by atoms with E-state index in [4.69, 9.17) is 9.47 Å². The van der Waals surface area contributed by atoms with Crippen LogP contribution in [0.4, 0.5) is 4.79 Å². The molecule has 160 valence electrons. The van der Waals surface area contributed by atoms with Gasteiger partial charge in [-0.05, 0) is 49.9 Å². The second-order valence-electron chi connectivity index (χ2n) is 8.63. The monoisotopic (exact) mass is 411 g/mol. The summed E-state index contributed by atoms with van der Waals surface area (Å²) in [4.78, 5) is 25.7. The van der Waals surface area contributed by atoms with E-state index in [-0.39, 0.29) is 12.5 Å². The first-order valence-corrected chi connectivity index (χ1v) is 10.1. The first kappa shape index (κ1) is 21.8. The van der Waals surface area contributed by atoms with Gasteiger partial charge in [-0.3, -0.25) is 4.90 Å². The van der Waals surface area contributed by atoms with Crippen molar-refractivity contribution in [1.82, 2.24) is 4.90 Å². The number of rotatable bonds is 6. The van der Waals surface area contributed by atoms with Crippen LogP contribution < -0.4 is 0 Å². The molecule has 1 aliphatic rings. The third-order valence-corrected chi connectivity index (χ3v) is 5.28. The third kappa shape index (κ3) is 4.49. The van der Waals surface area contributed by atoms with Crippen LogP contribution in [-0.4, -0.2) is 53.5 Å². The number of carbonyl (C=O) groups is 2. The Morgan fingerprint density at radius 2 is 1.53 bits per heavy atom. The van der Waals surface area contributed by atoms with Crippen molar-refractivity contribution in [2.24, 2.45) is 0 Å². The minimum atomic E-state index is -1.15. The van der Waals surface area contributed by atoms with Crippen LogP contribution in [0.1, 0.15) is 44.7 Å². The first-order chi connectivity index (χ1) is 14.1. The van der Waals surface area contributed by atoms with Gasteiger partial charge in [-0.15, -0.1) is 0 Å². The predicted octanol–water partition coefficient (Wildman–Crippen LogP) is 4.52. The average molecular weight is 411 g/mol. The molecule has 0 bridgehead atoms. The topological polar surface area (TPSA) is 76.1 Å². The molecule has 0 heterocycles. The lowest BCUT2D eigenvalue weighted by Gasteiger charge is -2.33. The predicted molar refractivity (Wildman–Crippen MR) is 115 cm³/mol. The summed E-state index contributed by atoms with van der Waals surface area (Å²) < 4.78 is 11.4. The molecule has 2 atom stereocenters. The number of hydrogen-bond donors (Lipinski definition) is 1. The third-order valence-electron chi connectivity index (χ3n) is 5.28. The summed E-state index contributed by atoms with van der Waals surface area (Å²) in [5.41, 5.74) is 3.95. The molecule has 6 nitrogen and oxygen atoms in total. The van der Waals surface area contributed by atoms with Crippen LogP contribution in [0.2, 0.25) is 0 Å². The molecular weight excluding hydrogens is 382 g/mol. The van der Waals surface area contributed by atoms with Crippen LogP contribution >= 0.6 is 0 Å². The van der Waals surface area contributed by atoms with Gasteiger partial charge in [0.2, 0.25) is 0 Å². The van der Waals surface area contributed by atoms with E-state index in [0.717, 1.165) is 27.2 Å². The smallest absolute Gasteiger partial charge is 0.410 e. The molecule has 3 rings (SSSR count). The number of aliphatic carboxylic acids is 1. The van der Waals surface area contributed by atoms with Gasteiger partial charge in [0, 0.05) is 13.0 Å². The molecule has 1 N–H and O–H groups in total. The maximum absolute atomic E-state index is 12.7. The lowest BCUT2D eigenvalue weighted by Crippen LogP contribution is -2.51.